The standard InChI is InChI=1S/C19H20N2O5S/c1-12-4-6-16(7-5-12)27(24,25)20-17-11-15(19(23)26-3)10-14-8-9-21(13(2)22)18(14)17/h4-7,10-11,20H,8-9H2,1-3H3. The summed E-state index contributed by atoms with van der Waals surface area (Å²) >= 11 is 0. The van der Waals surface area contributed by atoms with Crippen molar-refractivity contribution in [1.29, 1.82) is 0 Å². The molecule has 0 atom stereocenters. The number of sulfonamides is 1. The van der Waals surface area contributed by atoms with Crippen LogP contribution in [0.15, 0.2) is 41.3 Å². The van der Waals surface area contributed by atoms with Gasteiger partial charge >= 0.3 is 5.97 Å². The van der Waals surface area contributed by atoms with E-state index in [0.29, 0.717) is 18.7 Å². The number of esters is 1. The number of methoxy groups -OCH3 is 1. The Balaban J connectivity index is 2.10. The number of aryl methyl sites for hydroxylation is 1. The molecule has 1 aliphatic rings. The molecule has 0 radical (unpaired) electrons. The van der Waals surface area contributed by atoms with Crippen LogP contribution < -0.4 is 9.62 Å². The van der Waals surface area contributed by atoms with Crippen molar-refractivity contribution in [2.45, 2.75) is 25.2 Å². The first-order chi connectivity index (χ1) is 12.7. The minimum atomic E-state index is -3.89. The highest BCUT2D eigenvalue weighted by Crippen LogP contribution is 2.38. The van der Waals surface area contributed by atoms with Gasteiger partial charge in [-0.25, -0.2) is 13.2 Å². The fraction of sp³-hybridized carbons (Fsp3) is 0.263. The fourth-order valence-corrected chi connectivity index (χ4v) is 4.15. The molecule has 3 rings (SSSR count). The van der Waals surface area contributed by atoms with Crippen LogP contribution in [0.25, 0.3) is 0 Å². The van der Waals surface area contributed by atoms with E-state index in [9.17, 15) is 18.0 Å². The molecule has 0 bridgehead atoms. The number of carbonyl (C=O) groups excluding carboxylic acids is 2. The van der Waals surface area contributed by atoms with E-state index >= 15 is 0 Å². The Labute approximate surface area is 158 Å². The molecule has 1 aliphatic heterocycles. The molecule has 27 heavy (non-hydrogen) atoms. The third kappa shape index (κ3) is 3.66. The molecule has 0 unspecified atom stereocenters. The largest absolute Gasteiger partial charge is 0.465 e. The second-order valence-electron chi connectivity index (χ2n) is 6.36. The maximum atomic E-state index is 12.8. The Morgan fingerprint density at radius 1 is 1.15 bits per heavy atom. The lowest BCUT2D eigenvalue weighted by Gasteiger charge is -2.20. The van der Waals surface area contributed by atoms with E-state index < -0.39 is 16.0 Å². The summed E-state index contributed by atoms with van der Waals surface area (Å²) in [6.45, 7) is 3.71. The normalized spacial score (nSPS) is 13.2. The molecule has 0 aromatic heterocycles. The summed E-state index contributed by atoms with van der Waals surface area (Å²) in [5.74, 6) is -0.773. The van der Waals surface area contributed by atoms with E-state index in [2.05, 4.69) is 4.72 Å². The molecule has 1 amide bonds. The summed E-state index contributed by atoms with van der Waals surface area (Å²) in [7, 11) is -2.63. The summed E-state index contributed by atoms with van der Waals surface area (Å²) in [6, 6.07) is 9.44. The van der Waals surface area contributed by atoms with Crippen molar-refractivity contribution >= 4 is 33.3 Å². The SMILES string of the molecule is COC(=O)c1cc2c(c(NS(=O)(=O)c3ccc(C)cc3)c1)N(C(C)=O)CC2. The fourth-order valence-electron chi connectivity index (χ4n) is 3.10. The predicted octanol–water partition coefficient (Wildman–Crippen LogP) is 2.49. The van der Waals surface area contributed by atoms with E-state index in [1.807, 2.05) is 6.92 Å². The first-order valence-corrected chi connectivity index (χ1v) is 9.84. The van der Waals surface area contributed by atoms with Crippen LogP contribution in [0.1, 0.15) is 28.4 Å². The molecular formula is C19H20N2O5S. The van der Waals surface area contributed by atoms with Crippen molar-refractivity contribution in [1.82, 2.24) is 0 Å². The van der Waals surface area contributed by atoms with Gasteiger partial charge < -0.3 is 9.64 Å². The smallest absolute Gasteiger partial charge is 0.337 e. The lowest BCUT2D eigenvalue weighted by atomic mass is 10.1. The number of fused-ring (bicyclic) bond motifs is 1. The van der Waals surface area contributed by atoms with Gasteiger partial charge in [-0.2, -0.15) is 0 Å². The lowest BCUT2D eigenvalue weighted by Crippen LogP contribution is -2.27. The number of rotatable bonds is 4. The number of hydrogen-bond donors (Lipinski definition) is 1. The van der Waals surface area contributed by atoms with Crippen molar-refractivity contribution in [3.63, 3.8) is 0 Å². The Kier molecular flexibility index (Phi) is 4.93. The minimum absolute atomic E-state index is 0.0951. The van der Waals surface area contributed by atoms with Crippen LogP contribution in [0.3, 0.4) is 0 Å². The second-order valence-corrected chi connectivity index (χ2v) is 8.04. The Bertz CT molecular complexity index is 1010. The molecule has 0 spiro atoms. The maximum absolute atomic E-state index is 12.8. The Morgan fingerprint density at radius 3 is 2.41 bits per heavy atom. The van der Waals surface area contributed by atoms with Gasteiger partial charge in [-0.15, -0.1) is 0 Å². The molecule has 0 saturated heterocycles. The molecule has 0 aliphatic carbocycles. The lowest BCUT2D eigenvalue weighted by molar-refractivity contribution is -0.116. The zero-order valence-electron chi connectivity index (χ0n) is 15.3. The quantitative estimate of drug-likeness (QED) is 0.813. The van der Waals surface area contributed by atoms with Gasteiger partial charge in [0.2, 0.25) is 5.91 Å². The number of anilines is 2. The van der Waals surface area contributed by atoms with E-state index in [-0.39, 0.29) is 22.1 Å². The molecule has 0 saturated carbocycles. The van der Waals surface area contributed by atoms with Crippen LogP contribution in [0.2, 0.25) is 0 Å². The maximum Gasteiger partial charge on any atom is 0.337 e. The Hall–Kier alpha value is -2.87. The van der Waals surface area contributed by atoms with Gasteiger partial charge in [0.05, 0.1) is 28.9 Å². The molecule has 1 N–H and O–H groups in total. The van der Waals surface area contributed by atoms with Crippen LogP contribution in [-0.4, -0.2) is 33.9 Å². The summed E-state index contributed by atoms with van der Waals surface area (Å²) < 4.78 is 32.9. The van der Waals surface area contributed by atoms with Gasteiger partial charge in [-0.05, 0) is 43.2 Å². The topological polar surface area (TPSA) is 92.8 Å². The van der Waals surface area contributed by atoms with E-state index in [1.54, 1.807) is 18.2 Å². The van der Waals surface area contributed by atoms with Gasteiger partial charge in [0.1, 0.15) is 0 Å². The van der Waals surface area contributed by atoms with Gasteiger partial charge in [0, 0.05) is 13.5 Å². The average Bonchev–Trinajstić information content (AvgIpc) is 3.05. The van der Waals surface area contributed by atoms with Crippen molar-refractivity contribution in [3.8, 4) is 0 Å². The molecule has 1 heterocycles. The third-order valence-corrected chi connectivity index (χ3v) is 5.82. The Morgan fingerprint density at radius 2 is 1.81 bits per heavy atom. The molecule has 8 heteroatoms. The highest BCUT2D eigenvalue weighted by molar-refractivity contribution is 7.92. The molecule has 2 aromatic rings. The van der Waals surface area contributed by atoms with E-state index in [1.165, 1.54) is 37.1 Å². The van der Waals surface area contributed by atoms with Crippen LogP contribution in [0.5, 0.6) is 0 Å². The van der Waals surface area contributed by atoms with Crippen molar-refractivity contribution in [2.24, 2.45) is 0 Å². The number of benzene rings is 2. The number of carbonyl (C=O) groups is 2. The van der Waals surface area contributed by atoms with Crippen molar-refractivity contribution < 1.29 is 22.7 Å². The first-order valence-electron chi connectivity index (χ1n) is 8.36. The van der Waals surface area contributed by atoms with Gasteiger partial charge in [-0.1, -0.05) is 17.7 Å². The number of hydrogen-bond acceptors (Lipinski definition) is 5. The summed E-state index contributed by atoms with van der Waals surface area (Å²) in [4.78, 5) is 25.5. The average molecular weight is 388 g/mol. The molecule has 7 nitrogen and oxygen atoms in total. The summed E-state index contributed by atoms with van der Waals surface area (Å²) in [5, 5.41) is 0. The zero-order chi connectivity index (χ0) is 19.8. The highest BCUT2D eigenvalue weighted by Gasteiger charge is 2.29. The number of nitrogens with zero attached hydrogens (tertiary/aromatic N) is 1. The van der Waals surface area contributed by atoms with E-state index in [4.69, 9.17) is 4.74 Å². The molecular weight excluding hydrogens is 368 g/mol. The van der Waals surface area contributed by atoms with Gasteiger partial charge in [0.15, 0.2) is 0 Å². The van der Waals surface area contributed by atoms with Crippen LogP contribution in [-0.2, 0) is 26.0 Å². The first kappa shape index (κ1) is 18.9. The number of amides is 1. The van der Waals surface area contributed by atoms with Crippen molar-refractivity contribution in [3.05, 3.63) is 53.1 Å². The summed E-state index contributed by atoms with van der Waals surface area (Å²) in [5.41, 5.74) is 2.54. The van der Waals surface area contributed by atoms with Crippen molar-refractivity contribution in [2.75, 3.05) is 23.3 Å². The van der Waals surface area contributed by atoms with Gasteiger partial charge in [-0.3, -0.25) is 9.52 Å². The van der Waals surface area contributed by atoms with Crippen LogP contribution in [0.4, 0.5) is 11.4 Å². The van der Waals surface area contributed by atoms with Crippen LogP contribution >= 0.6 is 0 Å². The van der Waals surface area contributed by atoms with Gasteiger partial charge in [0.25, 0.3) is 10.0 Å². The zero-order valence-corrected chi connectivity index (χ0v) is 16.1. The molecule has 0 fully saturated rings. The summed E-state index contributed by atoms with van der Waals surface area (Å²) in [6.07, 6.45) is 0.527. The monoisotopic (exact) mass is 388 g/mol. The number of nitrogens with one attached hydrogen (secondary N) is 1. The minimum Gasteiger partial charge on any atom is -0.465 e. The molecule has 142 valence electrons. The predicted molar refractivity (Wildman–Crippen MR) is 102 cm³/mol. The highest BCUT2D eigenvalue weighted by atomic mass is 32.2. The third-order valence-electron chi connectivity index (χ3n) is 4.44. The molecule has 2 aromatic carbocycles. The second kappa shape index (κ2) is 7.03. The van der Waals surface area contributed by atoms with Crippen LogP contribution in [0, 0.1) is 6.92 Å². The van der Waals surface area contributed by atoms with E-state index in [0.717, 1.165) is 11.1 Å². The number of ether oxygens (including phenoxy) is 1.